The van der Waals surface area contributed by atoms with Crippen molar-refractivity contribution in [1.82, 2.24) is 4.98 Å². The van der Waals surface area contributed by atoms with Crippen molar-refractivity contribution in [3.05, 3.63) is 59.7 Å². The summed E-state index contributed by atoms with van der Waals surface area (Å²) in [5.74, 6) is 0.302. The van der Waals surface area contributed by atoms with Gasteiger partial charge >= 0.3 is 0 Å². The topological polar surface area (TPSA) is 22.1 Å². The molecule has 0 N–H and O–H groups in total. The lowest BCUT2D eigenvalue weighted by Crippen LogP contribution is -2.02. The fraction of sp³-hybridized carbons (Fsp3) is 0.214. The molecule has 1 unspecified atom stereocenters. The van der Waals surface area contributed by atoms with Crippen molar-refractivity contribution < 1.29 is 9.13 Å². The Bertz CT molecular complexity index is 518. The minimum atomic E-state index is -0.259. The third-order valence-electron chi connectivity index (χ3n) is 2.71. The first-order valence-electron chi connectivity index (χ1n) is 5.57. The minimum Gasteiger partial charge on any atom is -0.496 e. The molecule has 1 aromatic carbocycles. The molecule has 0 fully saturated rings. The van der Waals surface area contributed by atoms with Crippen molar-refractivity contribution >= 4 is 15.9 Å². The molecule has 1 heterocycles. The van der Waals surface area contributed by atoms with E-state index in [1.54, 1.807) is 31.6 Å². The van der Waals surface area contributed by atoms with Crippen LogP contribution in [0.25, 0.3) is 0 Å². The van der Waals surface area contributed by atoms with Crippen LogP contribution in [0.1, 0.15) is 16.0 Å². The molecule has 0 saturated heterocycles. The highest BCUT2D eigenvalue weighted by Crippen LogP contribution is 2.35. The summed E-state index contributed by atoms with van der Waals surface area (Å²) in [6.07, 6.45) is 4.14. The van der Waals surface area contributed by atoms with Crippen molar-refractivity contribution in [3.63, 3.8) is 0 Å². The van der Waals surface area contributed by atoms with Gasteiger partial charge in [0.2, 0.25) is 0 Å². The molecule has 0 radical (unpaired) electrons. The molecule has 0 amide bonds. The Morgan fingerprint density at radius 3 is 2.67 bits per heavy atom. The normalized spacial score (nSPS) is 12.2. The van der Waals surface area contributed by atoms with E-state index in [2.05, 4.69) is 20.9 Å². The maximum atomic E-state index is 13.9. The lowest BCUT2D eigenvalue weighted by molar-refractivity contribution is 0.404. The average Bonchev–Trinajstić information content (AvgIpc) is 2.39. The summed E-state index contributed by atoms with van der Waals surface area (Å²) >= 11 is 3.52. The van der Waals surface area contributed by atoms with Crippen LogP contribution in [0.2, 0.25) is 0 Å². The summed E-state index contributed by atoms with van der Waals surface area (Å²) < 4.78 is 19.1. The van der Waals surface area contributed by atoms with Crippen molar-refractivity contribution in [1.29, 1.82) is 0 Å². The van der Waals surface area contributed by atoms with Gasteiger partial charge in [0.15, 0.2) is 0 Å². The second-order valence-electron chi connectivity index (χ2n) is 3.88. The molecule has 0 saturated carbocycles. The third-order valence-corrected chi connectivity index (χ3v) is 3.49. The predicted molar refractivity (Wildman–Crippen MR) is 72.6 cm³/mol. The van der Waals surface area contributed by atoms with Gasteiger partial charge in [0, 0.05) is 18.0 Å². The summed E-state index contributed by atoms with van der Waals surface area (Å²) in [5.41, 5.74) is 1.65. The van der Waals surface area contributed by atoms with Crippen molar-refractivity contribution in [2.24, 2.45) is 0 Å². The highest BCUT2D eigenvalue weighted by Gasteiger charge is 2.18. The van der Waals surface area contributed by atoms with Gasteiger partial charge in [-0.15, -0.1) is 0 Å². The summed E-state index contributed by atoms with van der Waals surface area (Å²) in [6, 6.07) is 8.69. The van der Waals surface area contributed by atoms with E-state index >= 15 is 0 Å². The van der Waals surface area contributed by atoms with Gasteiger partial charge < -0.3 is 4.74 Å². The zero-order chi connectivity index (χ0) is 13.0. The number of nitrogens with zero attached hydrogens (tertiary/aromatic N) is 1. The maximum Gasteiger partial charge on any atom is 0.131 e. The summed E-state index contributed by atoms with van der Waals surface area (Å²) in [6.45, 7) is 0. The second kappa shape index (κ2) is 5.96. The quantitative estimate of drug-likeness (QED) is 0.799. The lowest BCUT2D eigenvalue weighted by Gasteiger charge is -2.15. The second-order valence-corrected chi connectivity index (χ2v) is 4.99. The molecule has 2 nitrogen and oxygen atoms in total. The Labute approximate surface area is 114 Å². The standard InChI is InChI=1S/C14H13BrFNO/c1-18-13-4-2-3-12(16)14(13)11(15)9-10-5-7-17-8-6-10/h2-8,11H,9H2,1H3. The largest absolute Gasteiger partial charge is 0.496 e. The molecule has 1 aromatic heterocycles. The lowest BCUT2D eigenvalue weighted by atomic mass is 10.0. The molecule has 0 bridgehead atoms. The number of hydrogen-bond donors (Lipinski definition) is 0. The van der Waals surface area contributed by atoms with Gasteiger partial charge in [-0.25, -0.2) is 4.39 Å². The van der Waals surface area contributed by atoms with Gasteiger partial charge in [-0.1, -0.05) is 22.0 Å². The van der Waals surface area contributed by atoms with E-state index in [0.717, 1.165) is 5.56 Å². The Morgan fingerprint density at radius 1 is 1.28 bits per heavy atom. The molecule has 0 aliphatic rings. The van der Waals surface area contributed by atoms with Gasteiger partial charge in [-0.2, -0.15) is 0 Å². The van der Waals surface area contributed by atoms with Crippen LogP contribution in [0.15, 0.2) is 42.7 Å². The molecule has 4 heteroatoms. The zero-order valence-corrected chi connectivity index (χ0v) is 11.5. The van der Waals surface area contributed by atoms with E-state index < -0.39 is 0 Å². The first-order chi connectivity index (χ1) is 8.72. The number of pyridine rings is 1. The molecule has 1 atom stereocenters. The van der Waals surface area contributed by atoms with Gasteiger partial charge in [0.05, 0.1) is 11.9 Å². The van der Waals surface area contributed by atoms with Gasteiger partial charge in [0.1, 0.15) is 11.6 Å². The van der Waals surface area contributed by atoms with Crippen molar-refractivity contribution in [2.45, 2.75) is 11.2 Å². The third kappa shape index (κ3) is 2.88. The molecule has 2 aromatic rings. The molecule has 2 rings (SSSR count). The summed E-state index contributed by atoms with van der Waals surface area (Å²) in [4.78, 5) is 3.83. The molecule has 0 spiro atoms. The smallest absolute Gasteiger partial charge is 0.131 e. The zero-order valence-electron chi connectivity index (χ0n) is 9.94. The fourth-order valence-electron chi connectivity index (χ4n) is 1.83. The van der Waals surface area contributed by atoms with Crippen LogP contribution in [0.3, 0.4) is 0 Å². The Kier molecular flexibility index (Phi) is 4.31. The number of benzene rings is 1. The van der Waals surface area contributed by atoms with Gasteiger partial charge in [-0.05, 0) is 36.2 Å². The van der Waals surface area contributed by atoms with E-state index in [0.29, 0.717) is 17.7 Å². The van der Waals surface area contributed by atoms with Crippen LogP contribution in [-0.2, 0) is 6.42 Å². The van der Waals surface area contributed by atoms with Crippen LogP contribution >= 0.6 is 15.9 Å². The summed E-state index contributed by atoms with van der Waals surface area (Å²) in [5, 5.41) is 0. The fourth-order valence-corrected chi connectivity index (χ4v) is 2.65. The van der Waals surface area contributed by atoms with Gasteiger partial charge in [-0.3, -0.25) is 4.98 Å². The number of aromatic nitrogens is 1. The van der Waals surface area contributed by atoms with E-state index in [4.69, 9.17) is 4.74 Å². The number of ether oxygens (including phenoxy) is 1. The summed E-state index contributed by atoms with van der Waals surface area (Å²) in [7, 11) is 1.55. The van der Waals surface area contributed by atoms with Crippen molar-refractivity contribution in [2.75, 3.05) is 7.11 Å². The SMILES string of the molecule is COc1cccc(F)c1C(Br)Cc1ccncc1. The first-order valence-corrected chi connectivity index (χ1v) is 6.49. The van der Waals surface area contributed by atoms with Crippen LogP contribution in [0.4, 0.5) is 4.39 Å². The number of hydrogen-bond acceptors (Lipinski definition) is 2. The number of halogens is 2. The molecular formula is C14H13BrFNO. The Balaban J connectivity index is 2.26. The van der Waals surface area contributed by atoms with E-state index in [1.807, 2.05) is 12.1 Å². The van der Waals surface area contributed by atoms with Crippen LogP contribution in [-0.4, -0.2) is 12.1 Å². The van der Waals surface area contributed by atoms with Crippen LogP contribution < -0.4 is 4.74 Å². The number of methoxy groups -OCH3 is 1. The molecule has 0 aliphatic heterocycles. The van der Waals surface area contributed by atoms with E-state index in [1.165, 1.54) is 6.07 Å². The number of rotatable bonds is 4. The molecule has 94 valence electrons. The highest BCUT2D eigenvalue weighted by atomic mass is 79.9. The van der Waals surface area contributed by atoms with Crippen molar-refractivity contribution in [3.8, 4) is 5.75 Å². The van der Waals surface area contributed by atoms with Crippen LogP contribution in [0, 0.1) is 5.82 Å². The monoisotopic (exact) mass is 309 g/mol. The highest BCUT2D eigenvalue weighted by molar-refractivity contribution is 9.09. The first kappa shape index (κ1) is 13.0. The Morgan fingerprint density at radius 2 is 2.00 bits per heavy atom. The Hall–Kier alpha value is -1.42. The minimum absolute atomic E-state index is 0.129. The van der Waals surface area contributed by atoms with Crippen LogP contribution in [0.5, 0.6) is 5.75 Å². The van der Waals surface area contributed by atoms with Gasteiger partial charge in [0.25, 0.3) is 0 Å². The number of alkyl halides is 1. The molecule has 18 heavy (non-hydrogen) atoms. The molecular weight excluding hydrogens is 297 g/mol. The predicted octanol–water partition coefficient (Wildman–Crippen LogP) is 3.91. The average molecular weight is 310 g/mol. The van der Waals surface area contributed by atoms with E-state index in [9.17, 15) is 4.39 Å². The molecule has 0 aliphatic carbocycles. The van der Waals surface area contributed by atoms with E-state index in [-0.39, 0.29) is 10.6 Å². The maximum absolute atomic E-state index is 13.9.